The smallest absolute Gasteiger partial charge is 0.192 e. The number of aromatic nitrogens is 2. The fraction of sp³-hybridized carbons (Fsp3) is 0.308. The first-order valence-electron chi connectivity index (χ1n) is 11.3. The summed E-state index contributed by atoms with van der Waals surface area (Å²) in [5.41, 5.74) is 3.66. The molecule has 0 amide bonds. The molecule has 2 heterocycles. The SMILES string of the molecule is Cc1ccc2c(-c3ccccc3[C@H](Cc3nc(S(C)(=O)=O)ccc3F)N[S@@+]([O-])C(C)(C)C)noc2c1. The van der Waals surface area contributed by atoms with Crippen LogP contribution >= 0.6 is 0 Å². The van der Waals surface area contributed by atoms with Gasteiger partial charge in [-0.3, -0.25) is 0 Å². The summed E-state index contributed by atoms with van der Waals surface area (Å²) >= 11 is -1.52. The first-order valence-corrected chi connectivity index (χ1v) is 14.4. The van der Waals surface area contributed by atoms with Crippen LogP contribution in [0, 0.1) is 12.7 Å². The van der Waals surface area contributed by atoms with Crippen molar-refractivity contribution in [3.8, 4) is 11.3 Å². The van der Waals surface area contributed by atoms with E-state index in [0.29, 0.717) is 16.8 Å². The molecule has 0 unspecified atom stereocenters. The lowest BCUT2D eigenvalue weighted by atomic mass is 9.94. The van der Waals surface area contributed by atoms with Gasteiger partial charge in [0.05, 0.1) is 11.7 Å². The number of pyridine rings is 1. The van der Waals surface area contributed by atoms with Crippen molar-refractivity contribution in [3.63, 3.8) is 0 Å². The molecule has 190 valence electrons. The molecule has 2 aromatic carbocycles. The number of hydrogen-bond donors (Lipinski definition) is 1. The number of aryl methyl sites for hydroxylation is 1. The molecule has 2 atom stereocenters. The molecule has 0 spiro atoms. The third-order valence-corrected chi connectivity index (χ3v) is 8.29. The molecule has 1 N–H and O–H groups in total. The predicted molar refractivity (Wildman–Crippen MR) is 139 cm³/mol. The van der Waals surface area contributed by atoms with Gasteiger partial charge in [-0.15, -0.1) is 4.72 Å². The lowest BCUT2D eigenvalue weighted by Gasteiger charge is -2.29. The fourth-order valence-corrected chi connectivity index (χ4v) is 5.20. The van der Waals surface area contributed by atoms with Gasteiger partial charge in [0.15, 0.2) is 20.4 Å². The van der Waals surface area contributed by atoms with Crippen molar-refractivity contribution in [3.05, 3.63) is 77.2 Å². The summed E-state index contributed by atoms with van der Waals surface area (Å²) in [5, 5.41) is 4.89. The molecule has 7 nitrogen and oxygen atoms in total. The molecule has 4 aromatic rings. The highest BCUT2D eigenvalue weighted by atomic mass is 32.2. The summed E-state index contributed by atoms with van der Waals surface area (Å²) in [4.78, 5) is 4.09. The van der Waals surface area contributed by atoms with Crippen molar-refractivity contribution in [1.29, 1.82) is 0 Å². The summed E-state index contributed by atoms with van der Waals surface area (Å²) < 4.78 is 60.2. The van der Waals surface area contributed by atoms with Gasteiger partial charge in [0.2, 0.25) is 0 Å². The quantitative estimate of drug-likeness (QED) is 0.333. The highest BCUT2D eigenvalue weighted by molar-refractivity contribution is 7.91. The van der Waals surface area contributed by atoms with E-state index in [-0.39, 0.29) is 17.1 Å². The number of halogens is 1. The second-order valence-electron chi connectivity index (χ2n) is 9.72. The first-order chi connectivity index (χ1) is 16.8. The van der Waals surface area contributed by atoms with Crippen LogP contribution in [0.3, 0.4) is 0 Å². The van der Waals surface area contributed by atoms with Gasteiger partial charge in [0, 0.05) is 35.0 Å². The Bertz CT molecular complexity index is 1510. The van der Waals surface area contributed by atoms with Gasteiger partial charge >= 0.3 is 0 Å². The molecule has 4 rings (SSSR count). The monoisotopic (exact) mass is 529 g/mol. The Balaban J connectivity index is 1.84. The number of sulfone groups is 1. The van der Waals surface area contributed by atoms with Gasteiger partial charge in [0.25, 0.3) is 0 Å². The zero-order chi connectivity index (χ0) is 26.3. The van der Waals surface area contributed by atoms with Crippen molar-refractivity contribution >= 4 is 32.2 Å². The van der Waals surface area contributed by atoms with E-state index >= 15 is 0 Å². The van der Waals surface area contributed by atoms with Crippen LogP contribution in [0.5, 0.6) is 0 Å². The number of rotatable bonds is 7. The standard InChI is InChI=1S/C26H28FN3O4S2/c1-16-10-11-19-23(14-16)34-29-25(19)18-9-7-6-8-17(18)21(30-35(31)26(2,3)4)15-22-20(27)12-13-24(28-22)36(5,32)33/h6-14,21,30H,15H2,1-5H3/t21-,35-/m0/s1. The maximum atomic E-state index is 14.8. The molecule has 2 aromatic heterocycles. The molecular weight excluding hydrogens is 501 g/mol. The third kappa shape index (κ3) is 5.62. The van der Waals surface area contributed by atoms with Gasteiger partial charge in [-0.25, -0.2) is 17.8 Å². The van der Waals surface area contributed by atoms with Gasteiger partial charge in [-0.1, -0.05) is 35.5 Å². The zero-order valence-corrected chi connectivity index (χ0v) is 22.3. The summed E-state index contributed by atoms with van der Waals surface area (Å²) in [6, 6.07) is 14.8. The fourth-order valence-electron chi connectivity index (χ4n) is 3.78. The summed E-state index contributed by atoms with van der Waals surface area (Å²) in [6.07, 6.45) is 0.983. The number of hydrogen-bond acceptors (Lipinski definition) is 7. The average molecular weight is 530 g/mol. The second-order valence-corrected chi connectivity index (χ2v) is 13.7. The van der Waals surface area contributed by atoms with E-state index in [2.05, 4.69) is 14.9 Å². The Morgan fingerprint density at radius 1 is 1.14 bits per heavy atom. The van der Waals surface area contributed by atoms with Crippen molar-refractivity contribution < 1.29 is 21.9 Å². The number of benzene rings is 2. The maximum absolute atomic E-state index is 14.8. The molecule has 0 fully saturated rings. The predicted octanol–water partition coefficient (Wildman–Crippen LogP) is 5.08. The lowest BCUT2D eigenvalue weighted by Crippen LogP contribution is -2.42. The van der Waals surface area contributed by atoms with E-state index < -0.39 is 37.8 Å². The van der Waals surface area contributed by atoms with E-state index in [4.69, 9.17) is 4.52 Å². The number of nitrogens with zero attached hydrogens (tertiary/aromatic N) is 2. The van der Waals surface area contributed by atoms with E-state index in [1.807, 2.05) is 70.2 Å². The van der Waals surface area contributed by atoms with Crippen LogP contribution in [-0.2, 0) is 27.6 Å². The normalized spacial score (nSPS) is 14.2. The molecule has 36 heavy (non-hydrogen) atoms. The van der Waals surface area contributed by atoms with Crippen molar-refractivity contribution in [2.75, 3.05) is 6.26 Å². The van der Waals surface area contributed by atoms with Gasteiger partial charge in [0.1, 0.15) is 16.3 Å². The van der Waals surface area contributed by atoms with E-state index in [1.165, 1.54) is 0 Å². The van der Waals surface area contributed by atoms with Crippen LogP contribution in [0.4, 0.5) is 4.39 Å². The highest BCUT2D eigenvalue weighted by Crippen LogP contribution is 2.35. The zero-order valence-electron chi connectivity index (χ0n) is 20.7. The van der Waals surface area contributed by atoms with Crippen LogP contribution < -0.4 is 4.72 Å². The van der Waals surface area contributed by atoms with Crippen LogP contribution in [0.15, 0.2) is 64.1 Å². The van der Waals surface area contributed by atoms with Crippen molar-refractivity contribution in [2.24, 2.45) is 0 Å². The van der Waals surface area contributed by atoms with Crippen LogP contribution in [0.2, 0.25) is 0 Å². The molecule has 0 saturated heterocycles. The number of fused-ring (bicyclic) bond motifs is 1. The van der Waals surface area contributed by atoms with Crippen molar-refractivity contribution in [2.45, 2.75) is 49.9 Å². The molecule has 0 aliphatic carbocycles. The molecule has 0 aliphatic heterocycles. The van der Waals surface area contributed by atoms with E-state index in [1.54, 1.807) is 0 Å². The Morgan fingerprint density at radius 3 is 2.56 bits per heavy atom. The van der Waals surface area contributed by atoms with Gasteiger partial charge in [-0.2, -0.15) is 0 Å². The van der Waals surface area contributed by atoms with Crippen molar-refractivity contribution in [1.82, 2.24) is 14.9 Å². The summed E-state index contributed by atoms with van der Waals surface area (Å²) in [5.74, 6) is -0.643. The second kappa shape index (κ2) is 9.93. The Morgan fingerprint density at radius 2 is 1.86 bits per heavy atom. The largest absolute Gasteiger partial charge is 0.598 e. The van der Waals surface area contributed by atoms with Crippen LogP contribution in [-0.4, -0.2) is 34.1 Å². The number of nitrogens with one attached hydrogen (secondary N) is 1. The van der Waals surface area contributed by atoms with Gasteiger partial charge in [-0.05, 0) is 63.1 Å². The summed E-state index contributed by atoms with van der Waals surface area (Å²) in [7, 11) is -3.64. The first kappa shape index (κ1) is 26.3. The van der Waals surface area contributed by atoms with E-state index in [0.717, 1.165) is 34.9 Å². The Kier molecular flexibility index (Phi) is 7.25. The van der Waals surface area contributed by atoms with Crippen LogP contribution in [0.25, 0.3) is 22.2 Å². The topological polar surface area (TPSA) is 108 Å². The summed E-state index contributed by atoms with van der Waals surface area (Å²) in [6.45, 7) is 7.45. The minimum absolute atomic E-state index is 0.0388. The molecule has 0 bridgehead atoms. The van der Waals surface area contributed by atoms with Gasteiger partial charge < -0.3 is 9.08 Å². The Hall–Kier alpha value is -2.79. The average Bonchev–Trinajstić information content (AvgIpc) is 3.21. The molecule has 0 aliphatic rings. The lowest BCUT2D eigenvalue weighted by molar-refractivity contribution is 0.459. The molecule has 10 heteroatoms. The minimum Gasteiger partial charge on any atom is -0.598 e. The molecule has 0 saturated carbocycles. The maximum Gasteiger partial charge on any atom is 0.192 e. The molecular formula is C26H28FN3O4S2. The highest BCUT2D eigenvalue weighted by Gasteiger charge is 2.32. The third-order valence-electron chi connectivity index (χ3n) is 5.69. The van der Waals surface area contributed by atoms with Crippen LogP contribution in [0.1, 0.15) is 43.6 Å². The Labute approximate surface area is 213 Å². The molecule has 0 radical (unpaired) electrons. The van der Waals surface area contributed by atoms with E-state index in [9.17, 15) is 17.4 Å². The minimum atomic E-state index is -3.64.